The molecule has 36 heavy (non-hydrogen) atoms. The monoisotopic (exact) mass is 484 g/mol. The van der Waals surface area contributed by atoms with Gasteiger partial charge in [-0.15, -0.1) is 0 Å². The average molecular weight is 485 g/mol. The number of piperidine rings is 1. The van der Waals surface area contributed by atoms with Crippen molar-refractivity contribution in [2.75, 3.05) is 33.3 Å². The predicted molar refractivity (Wildman–Crippen MR) is 137 cm³/mol. The topological polar surface area (TPSA) is 74.8 Å². The number of pyridine rings is 1. The molecule has 1 unspecified atom stereocenters. The zero-order chi connectivity index (χ0) is 25.0. The number of imide groups is 1. The highest BCUT2D eigenvalue weighted by atomic mass is 16.5. The summed E-state index contributed by atoms with van der Waals surface area (Å²) in [6.07, 6.45) is 5.85. The van der Waals surface area contributed by atoms with Crippen molar-refractivity contribution in [1.29, 1.82) is 0 Å². The quantitative estimate of drug-likeness (QED) is 0.491. The Morgan fingerprint density at radius 3 is 2.11 bits per heavy atom. The number of nitrogens with one attached hydrogen (secondary N) is 1. The van der Waals surface area contributed by atoms with E-state index in [1.807, 2.05) is 42.5 Å². The van der Waals surface area contributed by atoms with Gasteiger partial charge in [0.2, 0.25) is 0 Å². The first-order valence-corrected chi connectivity index (χ1v) is 12.5. The van der Waals surface area contributed by atoms with Crippen molar-refractivity contribution in [1.82, 2.24) is 20.1 Å². The van der Waals surface area contributed by atoms with Gasteiger partial charge in [0.1, 0.15) is 0 Å². The van der Waals surface area contributed by atoms with Crippen LogP contribution >= 0.6 is 0 Å². The van der Waals surface area contributed by atoms with Crippen molar-refractivity contribution >= 4 is 11.9 Å². The van der Waals surface area contributed by atoms with Gasteiger partial charge in [-0.05, 0) is 43.0 Å². The second-order valence-corrected chi connectivity index (χ2v) is 9.50. The van der Waals surface area contributed by atoms with Crippen LogP contribution in [0.5, 0.6) is 0 Å². The summed E-state index contributed by atoms with van der Waals surface area (Å²) in [5, 5.41) is 2.99. The van der Waals surface area contributed by atoms with Crippen molar-refractivity contribution in [2.45, 2.75) is 30.4 Å². The summed E-state index contributed by atoms with van der Waals surface area (Å²) < 4.78 is 6.00. The van der Waals surface area contributed by atoms with Crippen LogP contribution in [0.25, 0.3) is 0 Å². The first kappa shape index (κ1) is 24.2. The maximum absolute atomic E-state index is 13.8. The Kier molecular flexibility index (Phi) is 6.85. The number of hydrogen-bond acceptors (Lipinski definition) is 5. The molecule has 3 heterocycles. The molecular weight excluding hydrogens is 452 g/mol. The van der Waals surface area contributed by atoms with E-state index in [4.69, 9.17) is 4.74 Å². The molecule has 1 aromatic heterocycles. The van der Waals surface area contributed by atoms with E-state index in [1.54, 1.807) is 25.6 Å². The van der Waals surface area contributed by atoms with Crippen molar-refractivity contribution in [3.63, 3.8) is 0 Å². The highest BCUT2D eigenvalue weighted by molar-refractivity contribution is 6.09. The molecule has 0 radical (unpaired) electrons. The molecule has 2 saturated heterocycles. The van der Waals surface area contributed by atoms with E-state index in [2.05, 4.69) is 39.5 Å². The summed E-state index contributed by atoms with van der Waals surface area (Å²) in [5.74, 6) is -0.257. The SMILES string of the molecule is COC1(c2ccccc2)CCN(CCCN2C(=O)NC(c3ccccc3)(c3cccnc3)C2=O)CC1. The smallest absolute Gasteiger partial charge is 0.325 e. The summed E-state index contributed by atoms with van der Waals surface area (Å²) in [6, 6.07) is 23.1. The molecule has 0 saturated carbocycles. The third-order valence-electron chi connectivity index (χ3n) is 7.62. The number of ether oxygens (including phenoxy) is 1. The minimum atomic E-state index is -1.26. The Morgan fingerprint density at radius 2 is 1.50 bits per heavy atom. The molecule has 2 aliphatic rings. The van der Waals surface area contributed by atoms with E-state index in [-0.39, 0.29) is 17.5 Å². The van der Waals surface area contributed by atoms with Gasteiger partial charge in [-0.25, -0.2) is 4.79 Å². The van der Waals surface area contributed by atoms with Crippen molar-refractivity contribution < 1.29 is 14.3 Å². The Bertz CT molecular complexity index is 1140. The highest BCUT2D eigenvalue weighted by Crippen LogP contribution is 2.37. The number of nitrogens with zero attached hydrogens (tertiary/aromatic N) is 3. The second-order valence-electron chi connectivity index (χ2n) is 9.50. The van der Waals surface area contributed by atoms with Crippen LogP contribution < -0.4 is 5.32 Å². The number of urea groups is 1. The van der Waals surface area contributed by atoms with Crippen LogP contribution in [-0.2, 0) is 20.7 Å². The highest BCUT2D eigenvalue weighted by Gasteiger charge is 2.53. The number of carbonyl (C=O) groups excluding carboxylic acids is 2. The number of carbonyl (C=O) groups is 2. The van der Waals surface area contributed by atoms with Crippen molar-refractivity contribution in [3.05, 3.63) is 102 Å². The van der Waals surface area contributed by atoms with Gasteiger partial charge >= 0.3 is 6.03 Å². The Balaban J connectivity index is 1.24. The minimum Gasteiger partial charge on any atom is -0.373 e. The largest absolute Gasteiger partial charge is 0.373 e. The lowest BCUT2D eigenvalue weighted by Gasteiger charge is -2.41. The fourth-order valence-electron chi connectivity index (χ4n) is 5.55. The van der Waals surface area contributed by atoms with E-state index < -0.39 is 5.54 Å². The van der Waals surface area contributed by atoms with Crippen LogP contribution in [0, 0.1) is 0 Å². The summed E-state index contributed by atoms with van der Waals surface area (Å²) in [7, 11) is 1.79. The molecule has 186 valence electrons. The molecule has 0 bridgehead atoms. The third-order valence-corrected chi connectivity index (χ3v) is 7.62. The number of methoxy groups -OCH3 is 1. The standard InChI is InChI=1S/C29H32N4O3/c1-36-28(23-10-4-2-5-11-23)15-20-32(21-16-28)18-9-19-33-26(34)29(31-27(33)35,24-12-6-3-7-13-24)25-14-8-17-30-22-25/h2-8,10-14,17,22H,9,15-16,18-21H2,1H3,(H,31,35). The van der Waals surface area contributed by atoms with E-state index >= 15 is 0 Å². The molecule has 0 spiro atoms. The third kappa shape index (κ3) is 4.29. The molecule has 3 aromatic rings. The molecule has 2 fully saturated rings. The number of amides is 3. The molecule has 1 N–H and O–H groups in total. The molecule has 7 nitrogen and oxygen atoms in total. The lowest BCUT2D eigenvalue weighted by molar-refractivity contribution is -0.130. The fraction of sp³-hybridized carbons (Fsp3) is 0.345. The van der Waals surface area contributed by atoms with Crippen LogP contribution in [0.2, 0.25) is 0 Å². The van der Waals surface area contributed by atoms with Crippen LogP contribution in [0.3, 0.4) is 0 Å². The van der Waals surface area contributed by atoms with Crippen molar-refractivity contribution in [3.8, 4) is 0 Å². The van der Waals surface area contributed by atoms with Gasteiger partial charge in [0.15, 0.2) is 5.54 Å². The molecule has 3 amide bonds. The molecule has 7 heteroatoms. The molecule has 0 aliphatic carbocycles. The summed E-state index contributed by atoms with van der Waals surface area (Å²) >= 11 is 0. The lowest BCUT2D eigenvalue weighted by atomic mass is 9.83. The zero-order valence-corrected chi connectivity index (χ0v) is 20.6. The summed E-state index contributed by atoms with van der Waals surface area (Å²) in [5.41, 5.74) is 1.10. The zero-order valence-electron chi connectivity index (χ0n) is 20.6. The van der Waals surface area contributed by atoms with E-state index in [9.17, 15) is 9.59 Å². The molecule has 2 aliphatic heterocycles. The first-order chi connectivity index (χ1) is 17.6. The Labute approximate surface area is 212 Å². The summed E-state index contributed by atoms with van der Waals surface area (Å²) in [4.78, 5) is 34.8. The van der Waals surface area contributed by atoms with Gasteiger partial charge < -0.3 is 15.0 Å². The van der Waals surface area contributed by atoms with Gasteiger partial charge in [0.25, 0.3) is 5.91 Å². The van der Waals surface area contributed by atoms with Crippen LogP contribution in [0.15, 0.2) is 85.2 Å². The van der Waals surface area contributed by atoms with Gasteiger partial charge in [0, 0.05) is 44.7 Å². The molecule has 2 aromatic carbocycles. The van der Waals surface area contributed by atoms with Gasteiger partial charge in [-0.1, -0.05) is 66.7 Å². The fourth-order valence-corrected chi connectivity index (χ4v) is 5.55. The molecular formula is C29H32N4O3. The number of hydrogen-bond donors (Lipinski definition) is 1. The maximum atomic E-state index is 13.8. The van der Waals surface area contributed by atoms with E-state index in [0.29, 0.717) is 18.5 Å². The first-order valence-electron chi connectivity index (χ1n) is 12.5. The van der Waals surface area contributed by atoms with Crippen molar-refractivity contribution in [2.24, 2.45) is 0 Å². The van der Waals surface area contributed by atoms with E-state index in [0.717, 1.165) is 38.0 Å². The molecule has 1 atom stereocenters. The van der Waals surface area contributed by atoms with E-state index in [1.165, 1.54) is 10.5 Å². The van der Waals surface area contributed by atoms with Crippen LogP contribution in [0.1, 0.15) is 36.0 Å². The molecule has 5 rings (SSSR count). The minimum absolute atomic E-state index is 0.248. The van der Waals surface area contributed by atoms with Gasteiger partial charge in [-0.3, -0.25) is 14.7 Å². The second kappa shape index (κ2) is 10.2. The number of benzene rings is 2. The number of aromatic nitrogens is 1. The number of likely N-dealkylation sites (tertiary alicyclic amines) is 1. The Hall–Kier alpha value is -3.55. The Morgan fingerprint density at radius 1 is 0.861 bits per heavy atom. The lowest BCUT2D eigenvalue weighted by Crippen LogP contribution is -2.45. The van der Waals surface area contributed by atoms with Gasteiger partial charge in [-0.2, -0.15) is 0 Å². The number of rotatable bonds is 8. The summed E-state index contributed by atoms with van der Waals surface area (Å²) in [6.45, 7) is 3.00. The predicted octanol–water partition coefficient (Wildman–Crippen LogP) is 3.90. The van der Waals surface area contributed by atoms with Crippen LogP contribution in [-0.4, -0.2) is 60.0 Å². The normalized spacial score (nSPS) is 22.0. The van der Waals surface area contributed by atoms with Crippen LogP contribution in [0.4, 0.5) is 4.79 Å². The average Bonchev–Trinajstić information content (AvgIpc) is 3.21. The van der Waals surface area contributed by atoms with Gasteiger partial charge in [0.05, 0.1) is 5.60 Å². The maximum Gasteiger partial charge on any atom is 0.325 e.